The van der Waals surface area contributed by atoms with E-state index in [-0.39, 0.29) is 18.0 Å². The maximum Gasteiger partial charge on any atom is 0.241 e. The van der Waals surface area contributed by atoms with Crippen LogP contribution in [0.15, 0.2) is 73.1 Å². The van der Waals surface area contributed by atoms with Crippen LogP contribution in [0.3, 0.4) is 0 Å². The third-order valence-corrected chi connectivity index (χ3v) is 4.99. The number of aryl methyl sites for hydroxylation is 1. The van der Waals surface area contributed by atoms with Gasteiger partial charge in [0.15, 0.2) is 0 Å². The molecule has 138 valence electrons. The van der Waals surface area contributed by atoms with E-state index in [9.17, 15) is 4.79 Å². The van der Waals surface area contributed by atoms with Crippen molar-refractivity contribution in [3.05, 3.63) is 84.4 Å². The fourth-order valence-corrected chi connectivity index (χ4v) is 3.64. The van der Waals surface area contributed by atoms with E-state index in [4.69, 9.17) is 0 Å². The molecule has 0 saturated carbocycles. The number of carbonyl (C=O) groups is 1. The zero-order chi connectivity index (χ0) is 18.5. The molecule has 1 aromatic heterocycles. The lowest BCUT2D eigenvalue weighted by Crippen LogP contribution is -2.45. The number of aromatic nitrogens is 2. The third kappa shape index (κ3) is 4.26. The summed E-state index contributed by atoms with van der Waals surface area (Å²) in [5, 5.41) is 6.61. The topological polar surface area (TPSA) is 59.0 Å². The van der Waals surface area contributed by atoms with Gasteiger partial charge in [-0.3, -0.25) is 10.1 Å². The lowest BCUT2D eigenvalue weighted by atomic mass is 10.0. The average Bonchev–Trinajstić information content (AvgIpc) is 3.19. The number of imidazole rings is 1. The first kappa shape index (κ1) is 17.5. The molecule has 1 aliphatic heterocycles. The summed E-state index contributed by atoms with van der Waals surface area (Å²) in [5.41, 5.74) is 1.95. The van der Waals surface area contributed by atoms with Crippen LogP contribution in [0.5, 0.6) is 0 Å². The highest BCUT2D eigenvalue weighted by Crippen LogP contribution is 2.24. The Hall–Kier alpha value is -2.92. The molecule has 0 bridgehead atoms. The number of nitrogens with zero attached hydrogens (tertiary/aromatic N) is 2. The summed E-state index contributed by atoms with van der Waals surface area (Å²) < 4.78 is 2.18. The molecule has 27 heavy (non-hydrogen) atoms. The van der Waals surface area contributed by atoms with Gasteiger partial charge in [0.25, 0.3) is 0 Å². The van der Waals surface area contributed by atoms with Crippen LogP contribution in [-0.4, -0.2) is 21.5 Å². The first-order chi connectivity index (χ1) is 13.3. The van der Waals surface area contributed by atoms with Crippen LogP contribution in [-0.2, 0) is 17.8 Å². The van der Waals surface area contributed by atoms with Gasteiger partial charge in [0, 0.05) is 24.6 Å². The molecular formula is C22H24N4O. The SMILES string of the molecule is O=C(Nc1ccccc1)[C@@H](Cc1ccccc1)NC1CCCn2ccnc21. The number of benzene rings is 2. The van der Waals surface area contributed by atoms with Crippen molar-refractivity contribution in [3.8, 4) is 0 Å². The van der Waals surface area contributed by atoms with E-state index in [1.54, 1.807) is 0 Å². The highest BCUT2D eigenvalue weighted by molar-refractivity contribution is 5.95. The fourth-order valence-electron chi connectivity index (χ4n) is 3.64. The molecule has 1 amide bonds. The molecule has 4 rings (SSSR count). The summed E-state index contributed by atoms with van der Waals surface area (Å²) in [6, 6.07) is 19.5. The van der Waals surface area contributed by atoms with Gasteiger partial charge in [-0.25, -0.2) is 4.98 Å². The van der Waals surface area contributed by atoms with Crippen molar-refractivity contribution >= 4 is 11.6 Å². The molecule has 2 atom stereocenters. The number of amides is 1. The van der Waals surface area contributed by atoms with Crippen molar-refractivity contribution < 1.29 is 4.79 Å². The average molecular weight is 360 g/mol. The molecule has 5 heteroatoms. The van der Waals surface area contributed by atoms with Gasteiger partial charge in [-0.1, -0.05) is 48.5 Å². The number of rotatable bonds is 6. The number of hydrogen-bond donors (Lipinski definition) is 2. The minimum atomic E-state index is -0.333. The summed E-state index contributed by atoms with van der Waals surface area (Å²) >= 11 is 0. The Morgan fingerprint density at radius 3 is 2.63 bits per heavy atom. The van der Waals surface area contributed by atoms with Gasteiger partial charge in [-0.15, -0.1) is 0 Å². The Kier molecular flexibility index (Phi) is 5.30. The van der Waals surface area contributed by atoms with Gasteiger partial charge in [0.1, 0.15) is 5.82 Å². The highest BCUT2D eigenvalue weighted by atomic mass is 16.2. The first-order valence-electron chi connectivity index (χ1n) is 9.46. The number of hydrogen-bond acceptors (Lipinski definition) is 3. The molecule has 3 aromatic rings. The number of carbonyl (C=O) groups excluding carboxylic acids is 1. The summed E-state index contributed by atoms with van der Waals surface area (Å²) in [6.07, 6.45) is 6.56. The Morgan fingerprint density at radius 1 is 1.11 bits per heavy atom. The summed E-state index contributed by atoms with van der Waals surface area (Å²) in [4.78, 5) is 17.6. The molecular weight excluding hydrogens is 336 g/mol. The van der Waals surface area contributed by atoms with Crippen molar-refractivity contribution in [1.29, 1.82) is 0 Å². The van der Waals surface area contributed by atoms with Crippen molar-refractivity contribution in [2.24, 2.45) is 0 Å². The summed E-state index contributed by atoms with van der Waals surface area (Å²) in [7, 11) is 0. The second kappa shape index (κ2) is 8.18. The van der Waals surface area contributed by atoms with Crippen molar-refractivity contribution in [2.75, 3.05) is 5.32 Å². The minimum Gasteiger partial charge on any atom is -0.334 e. The van der Waals surface area contributed by atoms with Crippen LogP contribution in [0.2, 0.25) is 0 Å². The van der Waals surface area contributed by atoms with E-state index in [2.05, 4.69) is 32.3 Å². The zero-order valence-electron chi connectivity index (χ0n) is 15.2. The minimum absolute atomic E-state index is 0.0197. The number of para-hydroxylation sites is 1. The van der Waals surface area contributed by atoms with E-state index < -0.39 is 0 Å². The van der Waals surface area contributed by atoms with Crippen LogP contribution >= 0.6 is 0 Å². The summed E-state index contributed by atoms with van der Waals surface area (Å²) in [5.74, 6) is 1.00. The fraction of sp³-hybridized carbons (Fsp3) is 0.273. The second-order valence-electron chi connectivity index (χ2n) is 6.94. The maximum atomic E-state index is 13.0. The van der Waals surface area contributed by atoms with Gasteiger partial charge in [-0.05, 0) is 37.0 Å². The molecule has 2 heterocycles. The summed E-state index contributed by atoms with van der Waals surface area (Å²) in [6.45, 7) is 0.993. The van der Waals surface area contributed by atoms with Crippen LogP contribution in [0.1, 0.15) is 30.3 Å². The number of nitrogens with one attached hydrogen (secondary N) is 2. The second-order valence-corrected chi connectivity index (χ2v) is 6.94. The van der Waals surface area contributed by atoms with Crippen LogP contribution in [0.25, 0.3) is 0 Å². The predicted molar refractivity (Wildman–Crippen MR) is 106 cm³/mol. The maximum absolute atomic E-state index is 13.0. The molecule has 1 aliphatic rings. The Bertz CT molecular complexity index is 876. The van der Waals surface area contributed by atoms with Crippen molar-refractivity contribution in [2.45, 2.75) is 37.9 Å². The van der Waals surface area contributed by atoms with E-state index >= 15 is 0 Å². The van der Waals surface area contributed by atoms with Gasteiger partial charge in [0.05, 0.1) is 12.1 Å². The molecule has 2 N–H and O–H groups in total. The van der Waals surface area contributed by atoms with Crippen LogP contribution in [0, 0.1) is 0 Å². The lowest BCUT2D eigenvalue weighted by Gasteiger charge is -2.28. The van der Waals surface area contributed by atoms with Gasteiger partial charge in [0.2, 0.25) is 5.91 Å². The van der Waals surface area contributed by atoms with Crippen LogP contribution < -0.4 is 10.6 Å². The van der Waals surface area contributed by atoms with Gasteiger partial charge >= 0.3 is 0 Å². The largest absolute Gasteiger partial charge is 0.334 e. The Labute approximate surface area is 159 Å². The third-order valence-electron chi connectivity index (χ3n) is 4.99. The molecule has 0 saturated heterocycles. The van der Waals surface area contributed by atoms with E-state index in [1.165, 1.54) is 0 Å². The number of fused-ring (bicyclic) bond motifs is 1. The predicted octanol–water partition coefficient (Wildman–Crippen LogP) is 3.56. The molecule has 0 spiro atoms. The van der Waals surface area contributed by atoms with Gasteiger partial charge < -0.3 is 9.88 Å². The zero-order valence-corrected chi connectivity index (χ0v) is 15.2. The molecule has 1 unspecified atom stereocenters. The van der Waals surface area contributed by atoms with Gasteiger partial charge in [-0.2, -0.15) is 0 Å². The number of anilines is 1. The van der Waals surface area contributed by atoms with Crippen molar-refractivity contribution in [3.63, 3.8) is 0 Å². The first-order valence-corrected chi connectivity index (χ1v) is 9.46. The molecule has 5 nitrogen and oxygen atoms in total. The van der Waals surface area contributed by atoms with E-state index in [0.717, 1.165) is 36.5 Å². The van der Waals surface area contributed by atoms with E-state index in [0.29, 0.717) is 6.42 Å². The Morgan fingerprint density at radius 2 is 1.85 bits per heavy atom. The molecule has 0 fully saturated rings. The molecule has 0 aliphatic carbocycles. The molecule has 2 aromatic carbocycles. The quantitative estimate of drug-likeness (QED) is 0.707. The van der Waals surface area contributed by atoms with Crippen molar-refractivity contribution in [1.82, 2.24) is 14.9 Å². The smallest absolute Gasteiger partial charge is 0.241 e. The Balaban J connectivity index is 1.54. The van der Waals surface area contributed by atoms with Crippen LogP contribution in [0.4, 0.5) is 5.69 Å². The molecule has 0 radical (unpaired) electrons. The highest BCUT2D eigenvalue weighted by Gasteiger charge is 2.27. The monoisotopic (exact) mass is 360 g/mol. The lowest BCUT2D eigenvalue weighted by molar-refractivity contribution is -0.118. The normalized spacial score (nSPS) is 17.1. The van der Waals surface area contributed by atoms with E-state index in [1.807, 2.05) is 60.9 Å². The standard InChI is InChI=1S/C22H24N4O/c27-22(24-18-10-5-2-6-11-18)20(16-17-8-3-1-4-9-17)25-19-12-7-14-26-15-13-23-21(19)26/h1-6,8-11,13,15,19-20,25H,7,12,14,16H2,(H,24,27)/t19?,20-/m1/s1.